The Bertz CT molecular complexity index is 1160. The number of fused-ring (bicyclic) bond motifs is 1. The van der Waals surface area contributed by atoms with Crippen LogP contribution in [-0.4, -0.2) is 27.6 Å². The predicted octanol–water partition coefficient (Wildman–Crippen LogP) is 1.84. The number of benzene rings is 1. The van der Waals surface area contributed by atoms with E-state index in [1.54, 1.807) is 13.8 Å². The average molecular weight is 369 g/mol. The lowest BCUT2D eigenvalue weighted by Crippen LogP contribution is -2.18. The quantitative estimate of drug-likeness (QED) is 0.729. The van der Waals surface area contributed by atoms with E-state index < -0.39 is 11.7 Å². The van der Waals surface area contributed by atoms with Gasteiger partial charge in [0.25, 0.3) is 5.56 Å². The van der Waals surface area contributed by atoms with E-state index in [4.69, 9.17) is 10.00 Å². The van der Waals surface area contributed by atoms with Crippen LogP contribution in [0.4, 0.5) is 10.1 Å². The number of halogens is 1. The molecule has 0 fully saturated rings. The number of ether oxygens (including phenoxy) is 1. The third kappa shape index (κ3) is 3.37. The van der Waals surface area contributed by atoms with E-state index >= 15 is 0 Å². The highest BCUT2D eigenvalue weighted by molar-refractivity contribution is 5.93. The number of aromatic amines is 1. The molecule has 1 amide bonds. The lowest BCUT2D eigenvalue weighted by atomic mass is 10.1. The Morgan fingerprint density at radius 2 is 2.15 bits per heavy atom. The highest BCUT2D eigenvalue weighted by Gasteiger charge is 2.17. The molecule has 0 radical (unpaired) electrons. The fraction of sp³-hybridized carbons (Fsp3) is 0.222. The van der Waals surface area contributed by atoms with Crippen molar-refractivity contribution in [3.05, 3.63) is 56.9 Å². The van der Waals surface area contributed by atoms with Crippen LogP contribution in [0.15, 0.2) is 23.0 Å². The van der Waals surface area contributed by atoms with Gasteiger partial charge in [-0.3, -0.25) is 14.7 Å². The highest BCUT2D eigenvalue weighted by Crippen LogP contribution is 2.26. The average Bonchev–Trinajstić information content (AvgIpc) is 3.00. The summed E-state index contributed by atoms with van der Waals surface area (Å²) in [6.07, 6.45) is -0.0669. The zero-order chi connectivity index (χ0) is 19.7. The van der Waals surface area contributed by atoms with E-state index in [2.05, 4.69) is 15.4 Å². The molecule has 0 saturated carbocycles. The van der Waals surface area contributed by atoms with E-state index in [-0.39, 0.29) is 29.0 Å². The summed E-state index contributed by atoms with van der Waals surface area (Å²) in [5, 5.41) is 14.1. The molecular formula is C18H16FN5O3. The number of anilines is 1. The maximum atomic E-state index is 14.1. The summed E-state index contributed by atoms with van der Waals surface area (Å²) in [5.41, 5.74) is 1.99. The summed E-state index contributed by atoms with van der Waals surface area (Å²) in [7, 11) is 1.35. The van der Waals surface area contributed by atoms with Crippen molar-refractivity contribution >= 4 is 17.2 Å². The standard InChI is InChI=1S/C18H16FN5O3/c1-9-12(10(2)24-16(21-9)7-18(26)23-24)5-17(25)22-14-6-15(27-3)11(8-20)4-13(14)19/h4,6-7H,5H2,1-3H3,(H,22,25)(H,23,26). The van der Waals surface area contributed by atoms with Crippen LogP contribution in [-0.2, 0) is 11.2 Å². The molecule has 0 atom stereocenters. The minimum Gasteiger partial charge on any atom is -0.495 e. The lowest BCUT2D eigenvalue weighted by molar-refractivity contribution is -0.115. The third-order valence-corrected chi connectivity index (χ3v) is 4.22. The Morgan fingerprint density at radius 1 is 1.41 bits per heavy atom. The number of nitriles is 1. The fourth-order valence-corrected chi connectivity index (χ4v) is 2.87. The van der Waals surface area contributed by atoms with Crippen LogP contribution in [0.25, 0.3) is 5.65 Å². The largest absolute Gasteiger partial charge is 0.495 e. The molecule has 0 spiro atoms. The molecule has 3 aromatic rings. The Kier molecular flexibility index (Phi) is 4.64. The van der Waals surface area contributed by atoms with Crippen LogP contribution in [0, 0.1) is 31.0 Å². The third-order valence-electron chi connectivity index (χ3n) is 4.22. The van der Waals surface area contributed by atoms with E-state index in [9.17, 15) is 14.0 Å². The predicted molar refractivity (Wildman–Crippen MR) is 95.3 cm³/mol. The molecule has 0 aliphatic carbocycles. The van der Waals surface area contributed by atoms with Gasteiger partial charge in [-0.2, -0.15) is 5.26 Å². The van der Waals surface area contributed by atoms with Crippen molar-refractivity contribution in [2.75, 3.05) is 12.4 Å². The Hall–Kier alpha value is -3.67. The van der Waals surface area contributed by atoms with Crippen LogP contribution in [0.5, 0.6) is 5.75 Å². The van der Waals surface area contributed by atoms with Crippen LogP contribution < -0.4 is 15.6 Å². The molecule has 1 aromatic carbocycles. The molecular weight excluding hydrogens is 353 g/mol. The number of amides is 1. The van der Waals surface area contributed by atoms with Crippen LogP contribution in [0.2, 0.25) is 0 Å². The van der Waals surface area contributed by atoms with Crippen molar-refractivity contribution in [2.45, 2.75) is 20.3 Å². The number of carbonyl (C=O) groups is 1. The number of hydrogen-bond acceptors (Lipinski definition) is 5. The van der Waals surface area contributed by atoms with Gasteiger partial charge in [0, 0.05) is 29.1 Å². The zero-order valence-corrected chi connectivity index (χ0v) is 14.9. The zero-order valence-electron chi connectivity index (χ0n) is 14.9. The molecule has 27 heavy (non-hydrogen) atoms. The Labute approximate surface area is 153 Å². The molecule has 2 N–H and O–H groups in total. The van der Waals surface area contributed by atoms with Gasteiger partial charge in [-0.25, -0.2) is 13.9 Å². The minimum atomic E-state index is -0.738. The van der Waals surface area contributed by atoms with Crippen LogP contribution in [0.3, 0.4) is 0 Å². The van der Waals surface area contributed by atoms with Gasteiger partial charge >= 0.3 is 0 Å². The summed E-state index contributed by atoms with van der Waals surface area (Å²) in [6.45, 7) is 3.49. The number of carbonyl (C=O) groups excluding carboxylic acids is 1. The van der Waals surface area contributed by atoms with E-state index in [0.717, 1.165) is 6.07 Å². The number of hydrogen-bond donors (Lipinski definition) is 2. The molecule has 9 heteroatoms. The normalized spacial score (nSPS) is 10.6. The number of aromatic nitrogens is 3. The minimum absolute atomic E-state index is 0.0332. The van der Waals surface area contributed by atoms with Gasteiger partial charge in [-0.15, -0.1) is 0 Å². The molecule has 0 unspecified atom stereocenters. The maximum absolute atomic E-state index is 14.1. The number of aryl methyl sites for hydroxylation is 2. The van der Waals surface area contributed by atoms with Gasteiger partial charge in [0.1, 0.15) is 17.6 Å². The maximum Gasteiger partial charge on any atom is 0.266 e. The molecule has 0 bridgehead atoms. The van der Waals surface area contributed by atoms with Crippen molar-refractivity contribution in [3.8, 4) is 11.8 Å². The number of H-pyrrole nitrogens is 1. The molecule has 8 nitrogen and oxygen atoms in total. The second kappa shape index (κ2) is 6.92. The summed E-state index contributed by atoms with van der Waals surface area (Å²) in [6, 6.07) is 5.45. The van der Waals surface area contributed by atoms with Crippen molar-refractivity contribution in [1.29, 1.82) is 5.26 Å². The van der Waals surface area contributed by atoms with Crippen LogP contribution >= 0.6 is 0 Å². The van der Waals surface area contributed by atoms with E-state index in [1.165, 1.54) is 23.8 Å². The molecule has 0 aliphatic heterocycles. The van der Waals surface area contributed by atoms with Gasteiger partial charge in [0.2, 0.25) is 5.91 Å². The summed E-state index contributed by atoms with van der Waals surface area (Å²) >= 11 is 0. The van der Waals surface area contributed by atoms with Crippen molar-refractivity contribution in [3.63, 3.8) is 0 Å². The molecule has 0 saturated heterocycles. The Morgan fingerprint density at radius 3 is 2.81 bits per heavy atom. The summed E-state index contributed by atoms with van der Waals surface area (Å²) in [4.78, 5) is 28.3. The van der Waals surface area contributed by atoms with Gasteiger partial charge in [0.15, 0.2) is 5.65 Å². The Balaban J connectivity index is 1.90. The number of nitrogens with one attached hydrogen (secondary N) is 2. The highest BCUT2D eigenvalue weighted by atomic mass is 19.1. The summed E-state index contributed by atoms with van der Waals surface area (Å²) < 4.78 is 20.7. The first-order valence-corrected chi connectivity index (χ1v) is 7.99. The molecule has 2 aromatic heterocycles. The smallest absolute Gasteiger partial charge is 0.266 e. The molecule has 138 valence electrons. The SMILES string of the molecule is COc1cc(NC(=O)Cc2c(C)nc3cc(=O)[nH]n3c2C)c(F)cc1C#N. The molecule has 0 aliphatic rings. The fourth-order valence-electron chi connectivity index (χ4n) is 2.87. The first-order valence-electron chi connectivity index (χ1n) is 7.99. The van der Waals surface area contributed by atoms with Crippen molar-refractivity contribution in [1.82, 2.24) is 14.6 Å². The van der Waals surface area contributed by atoms with Gasteiger partial charge in [-0.1, -0.05) is 0 Å². The molecule has 3 rings (SSSR count). The van der Waals surface area contributed by atoms with Crippen molar-refractivity contribution in [2.24, 2.45) is 0 Å². The first kappa shape index (κ1) is 18.1. The second-order valence-corrected chi connectivity index (χ2v) is 5.94. The first-order chi connectivity index (χ1) is 12.8. The monoisotopic (exact) mass is 369 g/mol. The van der Waals surface area contributed by atoms with Gasteiger partial charge in [0.05, 0.1) is 24.8 Å². The van der Waals surface area contributed by atoms with E-state index in [0.29, 0.717) is 22.6 Å². The summed E-state index contributed by atoms with van der Waals surface area (Å²) in [5.74, 6) is -1.05. The number of nitrogens with zero attached hydrogens (tertiary/aromatic N) is 3. The topological polar surface area (TPSA) is 112 Å². The number of rotatable bonds is 4. The van der Waals surface area contributed by atoms with E-state index in [1.807, 2.05) is 6.07 Å². The van der Waals surface area contributed by atoms with Gasteiger partial charge in [-0.05, 0) is 19.9 Å². The van der Waals surface area contributed by atoms with Crippen LogP contribution in [0.1, 0.15) is 22.5 Å². The second-order valence-electron chi connectivity index (χ2n) is 5.94. The molecule has 2 heterocycles. The number of methoxy groups -OCH3 is 1. The van der Waals surface area contributed by atoms with Gasteiger partial charge < -0.3 is 10.1 Å². The lowest BCUT2D eigenvalue weighted by Gasteiger charge is -2.13. The van der Waals surface area contributed by atoms with Crippen molar-refractivity contribution < 1.29 is 13.9 Å².